The van der Waals surface area contributed by atoms with Gasteiger partial charge in [-0.05, 0) is 32.2 Å². The van der Waals surface area contributed by atoms with Crippen molar-refractivity contribution < 1.29 is 4.74 Å². The molecule has 2 fully saturated rings. The molecule has 3 nitrogen and oxygen atoms in total. The zero-order valence-electron chi connectivity index (χ0n) is 13.8. The molecule has 1 spiro atoms. The number of rotatable bonds is 7. The maximum atomic E-state index is 6.49. The van der Waals surface area contributed by atoms with Crippen LogP contribution in [0.25, 0.3) is 0 Å². The van der Waals surface area contributed by atoms with Gasteiger partial charge in [0.15, 0.2) is 0 Å². The standard InChI is InChI=1S/C17H34N2O/c1-4-19(13-12-18-15(2)3)14-16-8-11-17(20-16)9-6-5-7-10-17/h15-16,18H,4-14H2,1-3H3. The van der Waals surface area contributed by atoms with Gasteiger partial charge in [0.05, 0.1) is 11.7 Å². The Morgan fingerprint density at radius 2 is 1.95 bits per heavy atom. The van der Waals surface area contributed by atoms with Gasteiger partial charge in [0, 0.05) is 25.7 Å². The second-order valence-electron chi connectivity index (χ2n) is 7.02. The summed E-state index contributed by atoms with van der Waals surface area (Å²) in [6.45, 7) is 11.2. The SMILES string of the molecule is CCN(CCNC(C)C)CC1CCC2(CCCCC2)O1. The first-order chi connectivity index (χ1) is 9.63. The van der Waals surface area contributed by atoms with Gasteiger partial charge < -0.3 is 10.1 Å². The Labute approximate surface area is 125 Å². The lowest BCUT2D eigenvalue weighted by molar-refractivity contribution is -0.0714. The van der Waals surface area contributed by atoms with Gasteiger partial charge >= 0.3 is 0 Å². The number of hydrogen-bond acceptors (Lipinski definition) is 3. The average Bonchev–Trinajstić information content (AvgIpc) is 2.80. The van der Waals surface area contributed by atoms with E-state index < -0.39 is 0 Å². The lowest BCUT2D eigenvalue weighted by Crippen LogP contribution is -2.40. The predicted molar refractivity (Wildman–Crippen MR) is 85.2 cm³/mol. The molecule has 1 N–H and O–H groups in total. The zero-order chi connectivity index (χ0) is 14.4. The van der Waals surface area contributed by atoms with E-state index in [-0.39, 0.29) is 5.60 Å². The summed E-state index contributed by atoms with van der Waals surface area (Å²) >= 11 is 0. The van der Waals surface area contributed by atoms with E-state index in [4.69, 9.17) is 4.74 Å². The highest BCUT2D eigenvalue weighted by Gasteiger charge is 2.40. The quantitative estimate of drug-likeness (QED) is 0.776. The minimum Gasteiger partial charge on any atom is -0.370 e. The van der Waals surface area contributed by atoms with E-state index in [0.717, 1.165) is 26.2 Å². The van der Waals surface area contributed by atoms with Crippen LogP contribution in [0.5, 0.6) is 0 Å². The molecule has 1 aliphatic carbocycles. The Bertz CT molecular complexity index is 274. The van der Waals surface area contributed by atoms with Crippen LogP contribution in [0.3, 0.4) is 0 Å². The molecular formula is C17H34N2O. The number of nitrogens with one attached hydrogen (secondary N) is 1. The largest absolute Gasteiger partial charge is 0.370 e. The summed E-state index contributed by atoms with van der Waals surface area (Å²) in [5.74, 6) is 0. The molecule has 1 aliphatic heterocycles. The van der Waals surface area contributed by atoms with Crippen molar-refractivity contribution in [1.29, 1.82) is 0 Å². The van der Waals surface area contributed by atoms with Crippen LogP contribution in [-0.2, 0) is 4.74 Å². The van der Waals surface area contributed by atoms with Crippen molar-refractivity contribution >= 4 is 0 Å². The van der Waals surface area contributed by atoms with Crippen molar-refractivity contribution in [1.82, 2.24) is 10.2 Å². The Balaban J connectivity index is 1.72. The lowest BCUT2D eigenvalue weighted by atomic mass is 9.83. The molecule has 1 saturated heterocycles. The molecule has 20 heavy (non-hydrogen) atoms. The third-order valence-electron chi connectivity index (χ3n) is 4.99. The molecule has 1 heterocycles. The van der Waals surface area contributed by atoms with Crippen LogP contribution < -0.4 is 5.32 Å². The lowest BCUT2D eigenvalue weighted by Gasteiger charge is -2.34. The molecule has 0 aromatic carbocycles. The third-order valence-corrected chi connectivity index (χ3v) is 4.99. The summed E-state index contributed by atoms with van der Waals surface area (Å²) in [4.78, 5) is 2.54. The Morgan fingerprint density at radius 1 is 1.20 bits per heavy atom. The summed E-state index contributed by atoms with van der Waals surface area (Å²) < 4.78 is 6.49. The van der Waals surface area contributed by atoms with Gasteiger partial charge in [0.25, 0.3) is 0 Å². The minimum atomic E-state index is 0.276. The predicted octanol–water partition coefficient (Wildman–Crippen LogP) is 3.19. The van der Waals surface area contributed by atoms with Gasteiger partial charge in [-0.3, -0.25) is 4.90 Å². The van der Waals surface area contributed by atoms with Gasteiger partial charge in [-0.25, -0.2) is 0 Å². The molecule has 1 saturated carbocycles. The van der Waals surface area contributed by atoms with Crippen molar-refractivity contribution in [3.63, 3.8) is 0 Å². The number of likely N-dealkylation sites (N-methyl/N-ethyl adjacent to an activating group) is 1. The Kier molecular flexibility index (Phi) is 6.31. The van der Waals surface area contributed by atoms with Crippen LogP contribution in [0, 0.1) is 0 Å². The fourth-order valence-electron chi connectivity index (χ4n) is 3.77. The van der Waals surface area contributed by atoms with Crippen LogP contribution in [0.15, 0.2) is 0 Å². The summed E-state index contributed by atoms with van der Waals surface area (Å²) in [5, 5.41) is 3.51. The third kappa shape index (κ3) is 4.71. The average molecular weight is 282 g/mol. The summed E-state index contributed by atoms with van der Waals surface area (Å²) in [6.07, 6.45) is 9.85. The van der Waals surface area contributed by atoms with Gasteiger partial charge in [0.1, 0.15) is 0 Å². The molecule has 1 unspecified atom stereocenters. The Morgan fingerprint density at radius 3 is 2.60 bits per heavy atom. The maximum absolute atomic E-state index is 6.49. The monoisotopic (exact) mass is 282 g/mol. The summed E-state index contributed by atoms with van der Waals surface area (Å²) in [7, 11) is 0. The van der Waals surface area contributed by atoms with Crippen LogP contribution in [0.1, 0.15) is 65.7 Å². The summed E-state index contributed by atoms with van der Waals surface area (Å²) in [5.41, 5.74) is 0.276. The van der Waals surface area contributed by atoms with Crippen LogP contribution in [0.4, 0.5) is 0 Å². The molecule has 3 heteroatoms. The second kappa shape index (κ2) is 7.77. The first-order valence-electron chi connectivity index (χ1n) is 8.77. The molecule has 0 aromatic rings. The molecule has 0 radical (unpaired) electrons. The molecule has 0 amide bonds. The highest BCUT2D eigenvalue weighted by atomic mass is 16.5. The Hall–Kier alpha value is -0.120. The number of ether oxygens (including phenoxy) is 1. The van der Waals surface area contributed by atoms with Gasteiger partial charge in [-0.15, -0.1) is 0 Å². The van der Waals surface area contributed by atoms with Crippen molar-refractivity contribution in [2.45, 2.75) is 83.5 Å². The van der Waals surface area contributed by atoms with E-state index in [1.165, 1.54) is 44.9 Å². The van der Waals surface area contributed by atoms with E-state index in [1.54, 1.807) is 0 Å². The van der Waals surface area contributed by atoms with Crippen molar-refractivity contribution in [3.8, 4) is 0 Å². The zero-order valence-corrected chi connectivity index (χ0v) is 13.8. The van der Waals surface area contributed by atoms with Gasteiger partial charge in [-0.2, -0.15) is 0 Å². The fourth-order valence-corrected chi connectivity index (χ4v) is 3.77. The van der Waals surface area contributed by atoms with Crippen molar-refractivity contribution in [2.75, 3.05) is 26.2 Å². The topological polar surface area (TPSA) is 24.5 Å². The molecule has 2 rings (SSSR count). The highest BCUT2D eigenvalue weighted by Crippen LogP contribution is 2.41. The second-order valence-corrected chi connectivity index (χ2v) is 7.02. The fraction of sp³-hybridized carbons (Fsp3) is 1.00. The first-order valence-corrected chi connectivity index (χ1v) is 8.77. The van der Waals surface area contributed by atoms with E-state index >= 15 is 0 Å². The molecular weight excluding hydrogens is 248 g/mol. The smallest absolute Gasteiger partial charge is 0.0710 e. The van der Waals surface area contributed by atoms with E-state index in [0.29, 0.717) is 12.1 Å². The maximum Gasteiger partial charge on any atom is 0.0710 e. The number of nitrogens with zero attached hydrogens (tertiary/aromatic N) is 1. The minimum absolute atomic E-state index is 0.276. The molecule has 118 valence electrons. The molecule has 0 aromatic heterocycles. The van der Waals surface area contributed by atoms with Crippen molar-refractivity contribution in [2.24, 2.45) is 0 Å². The first kappa shape index (κ1) is 16.3. The van der Waals surface area contributed by atoms with Crippen LogP contribution in [-0.4, -0.2) is 48.8 Å². The van der Waals surface area contributed by atoms with Crippen LogP contribution >= 0.6 is 0 Å². The van der Waals surface area contributed by atoms with E-state index in [2.05, 4.69) is 31.0 Å². The van der Waals surface area contributed by atoms with Crippen LogP contribution in [0.2, 0.25) is 0 Å². The molecule has 2 aliphatic rings. The normalized spacial score (nSPS) is 25.9. The molecule has 1 atom stereocenters. The van der Waals surface area contributed by atoms with Crippen molar-refractivity contribution in [3.05, 3.63) is 0 Å². The highest BCUT2D eigenvalue weighted by molar-refractivity contribution is 4.92. The van der Waals surface area contributed by atoms with Gasteiger partial charge in [-0.1, -0.05) is 40.0 Å². The van der Waals surface area contributed by atoms with E-state index in [1.807, 2.05) is 0 Å². The summed E-state index contributed by atoms with van der Waals surface area (Å²) in [6, 6.07) is 0.585. The van der Waals surface area contributed by atoms with Gasteiger partial charge in [0.2, 0.25) is 0 Å². The number of hydrogen-bond donors (Lipinski definition) is 1. The van der Waals surface area contributed by atoms with E-state index in [9.17, 15) is 0 Å². The molecule has 0 bridgehead atoms.